The molecule has 0 aromatic heterocycles. The number of halogens is 2. The summed E-state index contributed by atoms with van der Waals surface area (Å²) in [5, 5.41) is 1.17. The Kier molecular flexibility index (Phi) is 9.45. The van der Waals surface area contributed by atoms with Gasteiger partial charge in [-0.2, -0.15) is 0 Å². The number of hydrogen-bond acceptors (Lipinski definition) is 6. The first-order chi connectivity index (χ1) is 19.5. The lowest BCUT2D eigenvalue weighted by Crippen LogP contribution is -2.08. The zero-order chi connectivity index (χ0) is 29.6. The fourth-order valence-corrected chi connectivity index (χ4v) is 5.39. The second-order valence-corrected chi connectivity index (χ2v) is 11.8. The lowest BCUT2D eigenvalue weighted by Gasteiger charge is -2.11. The molecule has 41 heavy (non-hydrogen) atoms. The van der Waals surface area contributed by atoms with E-state index in [9.17, 15) is 18.0 Å². The minimum Gasteiger partial charge on any atom is -0.423 e. The van der Waals surface area contributed by atoms with Crippen LogP contribution in [0.3, 0.4) is 0 Å². The summed E-state index contributed by atoms with van der Waals surface area (Å²) in [6, 6.07) is 22.4. The summed E-state index contributed by atoms with van der Waals surface area (Å²) in [4.78, 5) is 24.6. The monoisotopic (exact) mass is 606 g/mol. The minimum atomic E-state index is -3.90. The molecule has 0 bridgehead atoms. The standard InChI is InChI=1S/C32H24Cl2O6S/c1-21-19-27(13-15-29(21)39-31(35)17-7-23-3-9-25(33)10-4-23)41(37,38)28-14-16-30(22(2)20-28)40-32(36)18-8-24-5-11-26(34)12-6-24/h3-20H,1-2H3. The number of ether oxygens (including phenoxy) is 2. The maximum atomic E-state index is 13.3. The van der Waals surface area contributed by atoms with Gasteiger partial charge in [0.2, 0.25) is 9.84 Å². The van der Waals surface area contributed by atoms with Crippen molar-refractivity contribution in [2.24, 2.45) is 0 Å². The van der Waals surface area contributed by atoms with Gasteiger partial charge in [-0.15, -0.1) is 0 Å². The van der Waals surface area contributed by atoms with Crippen molar-refractivity contribution in [3.63, 3.8) is 0 Å². The van der Waals surface area contributed by atoms with Crippen molar-refractivity contribution < 1.29 is 27.5 Å². The van der Waals surface area contributed by atoms with Crippen LogP contribution < -0.4 is 9.47 Å². The third-order valence-electron chi connectivity index (χ3n) is 5.90. The Morgan fingerprint density at radius 3 is 1.32 bits per heavy atom. The molecule has 0 amide bonds. The van der Waals surface area contributed by atoms with Gasteiger partial charge in [0.1, 0.15) is 11.5 Å². The van der Waals surface area contributed by atoms with Gasteiger partial charge < -0.3 is 9.47 Å². The molecule has 0 aliphatic heterocycles. The summed E-state index contributed by atoms with van der Waals surface area (Å²) >= 11 is 11.7. The van der Waals surface area contributed by atoms with Crippen molar-refractivity contribution >= 4 is 57.1 Å². The molecule has 208 valence electrons. The van der Waals surface area contributed by atoms with Crippen molar-refractivity contribution in [3.05, 3.63) is 129 Å². The SMILES string of the molecule is Cc1cc(S(=O)(=O)c2ccc(OC(=O)C=Cc3ccc(Cl)cc3)c(C)c2)ccc1OC(=O)C=Cc1ccc(Cl)cc1. The average molecular weight is 608 g/mol. The molecule has 4 aromatic carbocycles. The Hall–Kier alpha value is -4.17. The first-order valence-electron chi connectivity index (χ1n) is 12.3. The van der Waals surface area contributed by atoms with Gasteiger partial charge in [0.25, 0.3) is 0 Å². The predicted molar refractivity (Wildman–Crippen MR) is 160 cm³/mol. The van der Waals surface area contributed by atoms with E-state index in [2.05, 4.69) is 0 Å². The summed E-state index contributed by atoms with van der Waals surface area (Å²) in [7, 11) is -3.90. The summed E-state index contributed by atoms with van der Waals surface area (Å²) in [6.07, 6.45) is 5.73. The van der Waals surface area contributed by atoms with Crippen molar-refractivity contribution in [3.8, 4) is 11.5 Å². The molecule has 0 heterocycles. The van der Waals surface area contributed by atoms with Crippen molar-refractivity contribution in [2.75, 3.05) is 0 Å². The summed E-state index contributed by atoms with van der Waals surface area (Å²) in [5.74, 6) is -0.746. The third-order valence-corrected chi connectivity index (χ3v) is 8.15. The van der Waals surface area contributed by atoms with E-state index < -0.39 is 21.8 Å². The van der Waals surface area contributed by atoms with E-state index in [1.54, 1.807) is 74.5 Å². The van der Waals surface area contributed by atoms with Crippen molar-refractivity contribution in [1.29, 1.82) is 0 Å². The normalized spacial score (nSPS) is 11.6. The molecule has 4 rings (SSSR count). The Bertz CT molecular complexity index is 1630. The number of hydrogen-bond donors (Lipinski definition) is 0. The zero-order valence-electron chi connectivity index (χ0n) is 22.0. The summed E-state index contributed by atoms with van der Waals surface area (Å²) in [6.45, 7) is 3.30. The van der Waals surface area contributed by atoms with Gasteiger partial charge in [0.05, 0.1) is 9.79 Å². The quantitative estimate of drug-likeness (QED) is 0.116. The van der Waals surface area contributed by atoms with Gasteiger partial charge in [0, 0.05) is 22.2 Å². The number of carbonyl (C=O) groups is 2. The summed E-state index contributed by atoms with van der Waals surface area (Å²) < 4.78 is 37.4. The molecule has 0 atom stereocenters. The lowest BCUT2D eigenvalue weighted by molar-refractivity contribution is -0.129. The topological polar surface area (TPSA) is 86.7 Å². The molecule has 0 N–H and O–H groups in total. The van der Waals surface area contributed by atoms with E-state index >= 15 is 0 Å². The number of rotatable bonds is 8. The van der Waals surface area contributed by atoms with E-state index in [0.29, 0.717) is 21.2 Å². The van der Waals surface area contributed by atoms with Crippen LogP contribution in [0.25, 0.3) is 12.2 Å². The number of aryl methyl sites for hydroxylation is 2. The molecular formula is C32H24Cl2O6S. The van der Waals surface area contributed by atoms with E-state index in [-0.39, 0.29) is 21.3 Å². The van der Waals surface area contributed by atoms with Crippen LogP contribution in [-0.4, -0.2) is 20.4 Å². The highest BCUT2D eigenvalue weighted by atomic mass is 35.5. The Morgan fingerprint density at radius 1 is 0.610 bits per heavy atom. The predicted octanol–water partition coefficient (Wildman–Crippen LogP) is 7.68. The van der Waals surface area contributed by atoms with Gasteiger partial charge in [-0.05, 0) is 109 Å². The second kappa shape index (κ2) is 13.0. The van der Waals surface area contributed by atoms with Crippen molar-refractivity contribution in [1.82, 2.24) is 0 Å². The number of sulfone groups is 1. The van der Waals surface area contributed by atoms with Crippen LogP contribution >= 0.6 is 23.2 Å². The van der Waals surface area contributed by atoms with Gasteiger partial charge in [0.15, 0.2) is 0 Å². The third kappa shape index (κ3) is 7.95. The number of esters is 2. The summed E-state index contributed by atoms with van der Waals surface area (Å²) in [5.41, 5.74) is 2.48. The fraction of sp³-hybridized carbons (Fsp3) is 0.0625. The molecule has 0 spiro atoms. The highest BCUT2D eigenvalue weighted by Crippen LogP contribution is 2.29. The van der Waals surface area contributed by atoms with Crippen LogP contribution in [0.4, 0.5) is 0 Å². The largest absolute Gasteiger partial charge is 0.423 e. The number of carbonyl (C=O) groups excluding carboxylic acids is 2. The average Bonchev–Trinajstić information content (AvgIpc) is 2.94. The molecule has 6 nitrogen and oxygen atoms in total. The highest BCUT2D eigenvalue weighted by molar-refractivity contribution is 7.91. The van der Waals surface area contributed by atoms with E-state index in [4.69, 9.17) is 32.7 Å². The first-order valence-corrected chi connectivity index (χ1v) is 14.5. The second-order valence-electron chi connectivity index (χ2n) is 8.97. The Balaban J connectivity index is 1.43. The molecule has 0 saturated carbocycles. The molecule has 0 aliphatic carbocycles. The maximum absolute atomic E-state index is 13.3. The van der Waals surface area contributed by atoms with Crippen LogP contribution in [0, 0.1) is 13.8 Å². The van der Waals surface area contributed by atoms with E-state index in [1.165, 1.54) is 48.6 Å². The van der Waals surface area contributed by atoms with Crippen LogP contribution in [0.5, 0.6) is 11.5 Å². The fourth-order valence-electron chi connectivity index (χ4n) is 3.70. The van der Waals surface area contributed by atoms with E-state index in [1.807, 2.05) is 0 Å². The van der Waals surface area contributed by atoms with Gasteiger partial charge in [-0.3, -0.25) is 0 Å². The van der Waals surface area contributed by atoms with Gasteiger partial charge >= 0.3 is 11.9 Å². The molecule has 4 aromatic rings. The van der Waals surface area contributed by atoms with Crippen LogP contribution in [-0.2, 0) is 19.4 Å². The van der Waals surface area contributed by atoms with Crippen molar-refractivity contribution in [2.45, 2.75) is 23.6 Å². The number of benzene rings is 4. The van der Waals surface area contributed by atoms with Crippen LogP contribution in [0.15, 0.2) is 107 Å². The lowest BCUT2D eigenvalue weighted by atomic mass is 10.2. The Morgan fingerprint density at radius 2 is 0.976 bits per heavy atom. The van der Waals surface area contributed by atoms with Crippen LogP contribution in [0.2, 0.25) is 10.0 Å². The maximum Gasteiger partial charge on any atom is 0.336 e. The highest BCUT2D eigenvalue weighted by Gasteiger charge is 2.21. The van der Waals surface area contributed by atoms with E-state index in [0.717, 1.165) is 11.1 Å². The molecule has 0 radical (unpaired) electrons. The van der Waals surface area contributed by atoms with Gasteiger partial charge in [-0.1, -0.05) is 47.5 Å². The molecular weight excluding hydrogens is 583 g/mol. The molecule has 0 saturated heterocycles. The Labute approximate surface area is 248 Å². The molecule has 9 heteroatoms. The van der Waals surface area contributed by atoms with Crippen LogP contribution in [0.1, 0.15) is 22.3 Å². The molecule has 0 unspecified atom stereocenters. The van der Waals surface area contributed by atoms with Gasteiger partial charge in [-0.25, -0.2) is 18.0 Å². The first kappa shape index (κ1) is 29.8. The smallest absolute Gasteiger partial charge is 0.336 e. The zero-order valence-corrected chi connectivity index (χ0v) is 24.3. The minimum absolute atomic E-state index is 0.0292. The molecule has 0 fully saturated rings. The molecule has 0 aliphatic rings.